The quantitative estimate of drug-likeness (QED) is 0.160. The highest BCUT2D eigenvalue weighted by Crippen LogP contribution is 2.45. The third-order valence-electron chi connectivity index (χ3n) is 11.0. The van der Waals surface area contributed by atoms with E-state index < -0.39 is 0 Å². The largest absolute Gasteiger partial charge is 0.309 e. The van der Waals surface area contributed by atoms with Crippen molar-refractivity contribution >= 4 is 70.9 Å². The van der Waals surface area contributed by atoms with Crippen molar-refractivity contribution in [1.82, 2.24) is 15.0 Å². The van der Waals surface area contributed by atoms with E-state index in [2.05, 4.69) is 211 Å². The minimum absolute atomic E-state index is 0.603. The molecule has 0 aliphatic carbocycles. The summed E-state index contributed by atoms with van der Waals surface area (Å²) in [6, 6.07) is 72.9. The van der Waals surface area contributed by atoms with Crippen LogP contribution in [-0.4, -0.2) is 15.0 Å². The number of nitrogens with zero attached hydrogens (tertiary/aromatic N) is 4. The molecule has 0 saturated heterocycles. The third kappa shape index (κ3) is 5.74. The van der Waals surface area contributed by atoms with E-state index in [1.54, 1.807) is 0 Å². The SMILES string of the molecule is c1ccc(N(c2ccccc2)c2c(-c3nc(-c4ccc5ccccc5c4)nc(-c4ccc5c(ccc6c7ccccc7ccc56)c4)n3)ccc3ccccc23)cc1. The zero-order valence-corrected chi connectivity index (χ0v) is 30.9. The van der Waals surface area contributed by atoms with Gasteiger partial charge in [0.15, 0.2) is 17.5 Å². The molecule has 4 heteroatoms. The summed E-state index contributed by atoms with van der Waals surface area (Å²) in [6.07, 6.45) is 0. The summed E-state index contributed by atoms with van der Waals surface area (Å²) < 4.78 is 0. The predicted octanol–water partition coefficient (Wildman–Crippen LogP) is 14.1. The monoisotopic (exact) mass is 726 g/mol. The van der Waals surface area contributed by atoms with Crippen LogP contribution in [0.3, 0.4) is 0 Å². The van der Waals surface area contributed by atoms with Crippen LogP contribution < -0.4 is 4.90 Å². The van der Waals surface area contributed by atoms with Gasteiger partial charge in [-0.15, -0.1) is 0 Å². The fourth-order valence-corrected chi connectivity index (χ4v) is 8.29. The van der Waals surface area contributed by atoms with Crippen LogP contribution >= 0.6 is 0 Å². The van der Waals surface area contributed by atoms with Crippen molar-refractivity contribution in [1.29, 1.82) is 0 Å². The number of hydrogen-bond acceptors (Lipinski definition) is 4. The molecule has 11 rings (SSSR count). The second-order valence-electron chi connectivity index (χ2n) is 14.4. The van der Waals surface area contributed by atoms with Crippen LogP contribution in [0, 0.1) is 0 Å². The molecule has 0 spiro atoms. The normalized spacial score (nSPS) is 11.5. The Morgan fingerprint density at radius 1 is 0.281 bits per heavy atom. The first-order valence-corrected chi connectivity index (χ1v) is 19.3. The molecule has 266 valence electrons. The average molecular weight is 727 g/mol. The van der Waals surface area contributed by atoms with Gasteiger partial charge in [-0.05, 0) is 90.9 Å². The van der Waals surface area contributed by atoms with Crippen molar-refractivity contribution in [2.75, 3.05) is 4.90 Å². The molecule has 0 amide bonds. The predicted molar refractivity (Wildman–Crippen MR) is 238 cm³/mol. The highest BCUT2D eigenvalue weighted by Gasteiger charge is 2.23. The molecule has 0 aliphatic rings. The van der Waals surface area contributed by atoms with Crippen LogP contribution in [0.4, 0.5) is 17.1 Å². The minimum atomic E-state index is 0.603. The Kier molecular flexibility index (Phi) is 7.78. The van der Waals surface area contributed by atoms with Crippen LogP contribution in [0.1, 0.15) is 0 Å². The number of anilines is 3. The Hall–Kier alpha value is -7.69. The molecule has 1 aromatic heterocycles. The van der Waals surface area contributed by atoms with Crippen LogP contribution in [-0.2, 0) is 0 Å². The van der Waals surface area contributed by atoms with Gasteiger partial charge in [-0.1, -0.05) is 164 Å². The second kappa shape index (κ2) is 13.6. The zero-order valence-electron chi connectivity index (χ0n) is 30.9. The summed E-state index contributed by atoms with van der Waals surface area (Å²) >= 11 is 0. The van der Waals surface area contributed by atoms with Crippen molar-refractivity contribution in [3.63, 3.8) is 0 Å². The fourth-order valence-electron chi connectivity index (χ4n) is 8.29. The topological polar surface area (TPSA) is 41.9 Å². The van der Waals surface area contributed by atoms with Gasteiger partial charge in [-0.3, -0.25) is 0 Å². The highest BCUT2D eigenvalue weighted by molar-refractivity contribution is 6.17. The van der Waals surface area contributed by atoms with Gasteiger partial charge in [-0.25, -0.2) is 15.0 Å². The number of hydrogen-bond donors (Lipinski definition) is 0. The van der Waals surface area contributed by atoms with Gasteiger partial charge in [0.2, 0.25) is 0 Å². The molecule has 57 heavy (non-hydrogen) atoms. The standard InChI is InChI=1S/C53H34N4/c1-3-17-42(18-4-1)57(43-19-5-2-6-20-43)50-46-22-12-10-15-37(46)26-32-49(50)53-55-51(40-24-23-35-13-7-8-16-38(35)33-40)54-52(56-53)41-28-29-45-39(34-41)27-31-47-44-21-11-9-14-36(44)25-30-48(45)47/h1-34H. The number of rotatable bonds is 6. The molecule has 0 bridgehead atoms. The number of fused-ring (bicyclic) bond motifs is 7. The van der Waals surface area contributed by atoms with Crippen LogP contribution in [0.5, 0.6) is 0 Å². The molecule has 11 aromatic rings. The maximum atomic E-state index is 5.36. The van der Waals surface area contributed by atoms with Gasteiger partial charge in [-0.2, -0.15) is 0 Å². The van der Waals surface area contributed by atoms with Crippen LogP contribution in [0.25, 0.3) is 88.0 Å². The third-order valence-corrected chi connectivity index (χ3v) is 11.0. The molecule has 0 radical (unpaired) electrons. The van der Waals surface area contributed by atoms with Crippen LogP contribution in [0.2, 0.25) is 0 Å². The minimum Gasteiger partial charge on any atom is -0.309 e. The van der Waals surface area contributed by atoms with Crippen molar-refractivity contribution in [3.05, 3.63) is 206 Å². The summed E-state index contributed by atoms with van der Waals surface area (Å²) in [5.41, 5.74) is 5.86. The Morgan fingerprint density at radius 3 is 1.40 bits per heavy atom. The van der Waals surface area contributed by atoms with E-state index in [1.807, 2.05) is 0 Å². The molecule has 0 saturated carbocycles. The molecule has 10 aromatic carbocycles. The first-order chi connectivity index (χ1) is 28.2. The van der Waals surface area contributed by atoms with E-state index in [0.717, 1.165) is 55.3 Å². The van der Waals surface area contributed by atoms with Crippen molar-refractivity contribution < 1.29 is 0 Å². The summed E-state index contributed by atoms with van der Waals surface area (Å²) in [4.78, 5) is 18.2. The maximum absolute atomic E-state index is 5.36. The zero-order chi connectivity index (χ0) is 37.7. The lowest BCUT2D eigenvalue weighted by atomic mass is 9.96. The summed E-state index contributed by atoms with van der Waals surface area (Å²) in [6.45, 7) is 0. The lowest BCUT2D eigenvalue weighted by Crippen LogP contribution is -2.12. The summed E-state index contributed by atoms with van der Waals surface area (Å²) in [5.74, 6) is 1.84. The lowest BCUT2D eigenvalue weighted by Gasteiger charge is -2.29. The molecule has 4 nitrogen and oxygen atoms in total. The number of aromatic nitrogens is 3. The van der Waals surface area contributed by atoms with E-state index in [-0.39, 0.29) is 0 Å². The average Bonchev–Trinajstić information content (AvgIpc) is 3.29. The van der Waals surface area contributed by atoms with Gasteiger partial charge in [0.05, 0.1) is 5.69 Å². The van der Waals surface area contributed by atoms with Gasteiger partial charge in [0, 0.05) is 33.5 Å². The maximum Gasteiger partial charge on any atom is 0.166 e. The fraction of sp³-hybridized carbons (Fsp3) is 0. The Morgan fingerprint density at radius 2 is 0.719 bits per heavy atom. The Labute approximate surface area is 330 Å². The van der Waals surface area contributed by atoms with Crippen LogP contribution in [0.15, 0.2) is 206 Å². The summed E-state index contributed by atoms with van der Waals surface area (Å²) in [7, 11) is 0. The van der Waals surface area contributed by atoms with E-state index in [9.17, 15) is 0 Å². The van der Waals surface area contributed by atoms with E-state index in [4.69, 9.17) is 15.0 Å². The van der Waals surface area contributed by atoms with Gasteiger partial charge in [0.25, 0.3) is 0 Å². The van der Waals surface area contributed by atoms with Crippen molar-refractivity contribution in [3.8, 4) is 34.2 Å². The number of para-hydroxylation sites is 2. The summed E-state index contributed by atoms with van der Waals surface area (Å²) in [5, 5.41) is 11.8. The molecule has 0 unspecified atom stereocenters. The molecule has 0 atom stereocenters. The molecule has 0 fully saturated rings. The molecule has 1 heterocycles. The lowest BCUT2D eigenvalue weighted by molar-refractivity contribution is 1.07. The molecular formula is C53H34N4. The van der Waals surface area contributed by atoms with Crippen molar-refractivity contribution in [2.24, 2.45) is 0 Å². The highest BCUT2D eigenvalue weighted by atomic mass is 15.2. The van der Waals surface area contributed by atoms with Crippen molar-refractivity contribution in [2.45, 2.75) is 0 Å². The van der Waals surface area contributed by atoms with E-state index in [0.29, 0.717) is 17.5 Å². The molecular weight excluding hydrogens is 693 g/mol. The molecule has 0 N–H and O–H groups in total. The van der Waals surface area contributed by atoms with Gasteiger partial charge in [0.1, 0.15) is 0 Å². The Bertz CT molecular complexity index is 3260. The smallest absolute Gasteiger partial charge is 0.166 e. The first kappa shape index (κ1) is 32.7. The van der Waals surface area contributed by atoms with E-state index >= 15 is 0 Å². The first-order valence-electron chi connectivity index (χ1n) is 19.3. The van der Waals surface area contributed by atoms with Gasteiger partial charge >= 0.3 is 0 Å². The van der Waals surface area contributed by atoms with E-state index in [1.165, 1.54) is 32.3 Å². The van der Waals surface area contributed by atoms with Gasteiger partial charge < -0.3 is 4.90 Å². The number of benzene rings is 10. The Balaban J connectivity index is 1.16. The molecule has 0 aliphatic heterocycles. The second-order valence-corrected chi connectivity index (χ2v) is 14.4.